The van der Waals surface area contributed by atoms with Gasteiger partial charge in [-0.25, -0.2) is 5.43 Å². The van der Waals surface area contributed by atoms with Crippen LogP contribution in [0.4, 0.5) is 0 Å². The van der Waals surface area contributed by atoms with Crippen LogP contribution in [0.2, 0.25) is 10.0 Å². The van der Waals surface area contributed by atoms with E-state index >= 15 is 0 Å². The second-order valence-electron chi connectivity index (χ2n) is 8.17. The predicted octanol–water partition coefficient (Wildman–Crippen LogP) is 7.31. The molecule has 0 aliphatic heterocycles. The molecule has 1 N–H and O–H groups in total. The number of benzene rings is 4. The molecule has 4 aromatic carbocycles. The zero-order valence-corrected chi connectivity index (χ0v) is 22.2. The lowest BCUT2D eigenvalue weighted by Crippen LogP contribution is -2.17. The van der Waals surface area contributed by atoms with Crippen LogP contribution in [0, 0.1) is 0 Å². The number of amides is 1. The van der Waals surface area contributed by atoms with E-state index in [9.17, 15) is 4.79 Å². The Morgan fingerprint density at radius 2 is 1.45 bits per heavy atom. The zero-order valence-electron chi connectivity index (χ0n) is 20.7. The van der Waals surface area contributed by atoms with Crippen LogP contribution in [0.15, 0.2) is 96.1 Å². The van der Waals surface area contributed by atoms with Crippen LogP contribution in [0.25, 0.3) is 0 Å². The third kappa shape index (κ3) is 7.75. The van der Waals surface area contributed by atoms with E-state index in [1.165, 1.54) is 6.21 Å². The number of hydrogen-bond acceptors (Lipinski definition) is 5. The zero-order chi connectivity index (χ0) is 26.7. The summed E-state index contributed by atoms with van der Waals surface area (Å²) < 4.78 is 17.9. The SMILES string of the molecule is CCOc1cc(COc2ccc(Cl)cc2/C=N/NC(=O)c2ccc(Cl)cc2)ccc1OCc1ccccc1. The Balaban J connectivity index is 1.41. The Kier molecular flexibility index (Phi) is 9.62. The van der Waals surface area contributed by atoms with E-state index < -0.39 is 0 Å². The molecule has 38 heavy (non-hydrogen) atoms. The molecule has 0 aliphatic carbocycles. The molecule has 0 radical (unpaired) electrons. The number of hydrazone groups is 1. The average molecular weight is 549 g/mol. The minimum absolute atomic E-state index is 0.276. The summed E-state index contributed by atoms with van der Waals surface area (Å²) in [5.74, 6) is 1.50. The van der Waals surface area contributed by atoms with Gasteiger partial charge in [0.1, 0.15) is 19.0 Å². The van der Waals surface area contributed by atoms with Crippen molar-refractivity contribution in [2.45, 2.75) is 20.1 Å². The van der Waals surface area contributed by atoms with Crippen LogP contribution >= 0.6 is 23.2 Å². The Bertz CT molecular complexity index is 1390. The number of carbonyl (C=O) groups excluding carboxylic acids is 1. The summed E-state index contributed by atoms with van der Waals surface area (Å²) in [7, 11) is 0. The Hall–Kier alpha value is -4.00. The normalized spacial score (nSPS) is 10.8. The third-order valence-electron chi connectivity index (χ3n) is 5.39. The van der Waals surface area contributed by atoms with Crippen LogP contribution in [-0.4, -0.2) is 18.7 Å². The number of carbonyl (C=O) groups is 1. The molecule has 0 heterocycles. The molecular formula is C30H26Cl2N2O4. The molecule has 8 heteroatoms. The largest absolute Gasteiger partial charge is 0.490 e. The molecule has 0 aliphatic rings. The summed E-state index contributed by atoms with van der Waals surface area (Å²) in [4.78, 5) is 12.3. The number of hydrogen-bond donors (Lipinski definition) is 1. The van der Waals surface area contributed by atoms with Crippen molar-refractivity contribution in [3.05, 3.63) is 123 Å². The van der Waals surface area contributed by atoms with Crippen LogP contribution in [0.1, 0.15) is 34.0 Å². The van der Waals surface area contributed by atoms with Crippen LogP contribution in [0.5, 0.6) is 17.2 Å². The van der Waals surface area contributed by atoms with Gasteiger partial charge in [0.05, 0.1) is 12.8 Å². The predicted molar refractivity (Wildman–Crippen MR) is 151 cm³/mol. The van der Waals surface area contributed by atoms with E-state index in [4.69, 9.17) is 37.4 Å². The lowest BCUT2D eigenvalue weighted by Gasteiger charge is -2.14. The molecule has 0 bridgehead atoms. The van der Waals surface area contributed by atoms with Crippen LogP contribution < -0.4 is 19.6 Å². The van der Waals surface area contributed by atoms with E-state index in [1.54, 1.807) is 42.5 Å². The standard InChI is InChI=1S/C30H26Cl2N2O4/c1-2-36-29-16-22(8-14-28(29)38-19-21-6-4-3-5-7-21)20-37-27-15-13-26(32)17-24(27)18-33-34-30(35)23-9-11-25(31)12-10-23/h3-18H,2,19-20H2,1H3,(H,34,35)/b33-18+. The van der Waals surface area contributed by atoms with Gasteiger partial charge < -0.3 is 14.2 Å². The molecule has 194 valence electrons. The van der Waals surface area contributed by atoms with Gasteiger partial charge in [-0.2, -0.15) is 5.10 Å². The summed E-state index contributed by atoms with van der Waals surface area (Å²) in [6.07, 6.45) is 1.49. The number of nitrogens with zero attached hydrogens (tertiary/aromatic N) is 1. The molecule has 1 amide bonds. The maximum absolute atomic E-state index is 12.3. The molecule has 4 rings (SSSR count). The Morgan fingerprint density at radius 3 is 2.21 bits per heavy atom. The lowest BCUT2D eigenvalue weighted by molar-refractivity contribution is 0.0955. The highest BCUT2D eigenvalue weighted by atomic mass is 35.5. The van der Waals surface area contributed by atoms with Crippen molar-refractivity contribution >= 4 is 35.3 Å². The molecule has 0 atom stereocenters. The van der Waals surface area contributed by atoms with E-state index in [0.29, 0.717) is 51.6 Å². The van der Waals surface area contributed by atoms with Crippen molar-refractivity contribution in [2.75, 3.05) is 6.61 Å². The van der Waals surface area contributed by atoms with Crippen molar-refractivity contribution in [1.29, 1.82) is 0 Å². The molecule has 4 aromatic rings. The van der Waals surface area contributed by atoms with Gasteiger partial charge in [0.25, 0.3) is 5.91 Å². The molecule has 0 unspecified atom stereocenters. The number of ether oxygens (including phenoxy) is 3. The Labute approximate surface area is 231 Å². The van der Waals surface area contributed by atoms with Crippen LogP contribution in [-0.2, 0) is 13.2 Å². The molecule has 0 fully saturated rings. The molecule has 6 nitrogen and oxygen atoms in total. The van der Waals surface area contributed by atoms with E-state index in [-0.39, 0.29) is 12.5 Å². The number of nitrogens with one attached hydrogen (secondary N) is 1. The smallest absolute Gasteiger partial charge is 0.271 e. The maximum Gasteiger partial charge on any atom is 0.271 e. The number of rotatable bonds is 11. The fourth-order valence-corrected chi connectivity index (χ4v) is 3.81. The van der Waals surface area contributed by atoms with Gasteiger partial charge in [-0.05, 0) is 72.6 Å². The summed E-state index contributed by atoms with van der Waals surface area (Å²) in [6, 6.07) is 27.4. The summed E-state index contributed by atoms with van der Waals surface area (Å²) >= 11 is 12.1. The summed E-state index contributed by atoms with van der Waals surface area (Å²) in [6.45, 7) is 3.15. The second kappa shape index (κ2) is 13.5. The van der Waals surface area contributed by atoms with E-state index in [1.807, 2.05) is 55.5 Å². The van der Waals surface area contributed by atoms with Crippen molar-refractivity contribution in [1.82, 2.24) is 5.43 Å². The van der Waals surface area contributed by atoms with Crippen molar-refractivity contribution in [3.8, 4) is 17.2 Å². The monoisotopic (exact) mass is 548 g/mol. The summed E-state index contributed by atoms with van der Waals surface area (Å²) in [5.41, 5.74) is 5.52. The molecule has 0 aromatic heterocycles. The van der Waals surface area contributed by atoms with Gasteiger partial charge in [-0.1, -0.05) is 59.6 Å². The highest BCUT2D eigenvalue weighted by molar-refractivity contribution is 6.31. The van der Waals surface area contributed by atoms with E-state index in [0.717, 1.165) is 11.1 Å². The maximum atomic E-state index is 12.3. The quantitative estimate of drug-likeness (QED) is 0.157. The molecule has 0 saturated carbocycles. The van der Waals surface area contributed by atoms with Gasteiger partial charge in [-0.3, -0.25) is 4.79 Å². The van der Waals surface area contributed by atoms with E-state index in [2.05, 4.69) is 10.5 Å². The minimum Gasteiger partial charge on any atom is -0.490 e. The first-order valence-corrected chi connectivity index (χ1v) is 12.7. The average Bonchev–Trinajstić information content (AvgIpc) is 2.93. The van der Waals surface area contributed by atoms with Crippen molar-refractivity contribution < 1.29 is 19.0 Å². The first-order valence-electron chi connectivity index (χ1n) is 12.0. The lowest BCUT2D eigenvalue weighted by atomic mass is 10.2. The van der Waals surface area contributed by atoms with Gasteiger partial charge in [0.2, 0.25) is 0 Å². The highest BCUT2D eigenvalue weighted by Crippen LogP contribution is 2.30. The first kappa shape index (κ1) is 27.0. The first-order chi connectivity index (χ1) is 18.5. The van der Waals surface area contributed by atoms with Crippen molar-refractivity contribution in [2.24, 2.45) is 5.10 Å². The Morgan fingerprint density at radius 1 is 0.763 bits per heavy atom. The molecular weight excluding hydrogens is 523 g/mol. The van der Waals surface area contributed by atoms with Gasteiger partial charge >= 0.3 is 0 Å². The minimum atomic E-state index is -0.361. The molecule has 0 saturated heterocycles. The third-order valence-corrected chi connectivity index (χ3v) is 5.87. The number of halogens is 2. The van der Waals surface area contributed by atoms with Gasteiger partial charge in [0, 0.05) is 21.2 Å². The fraction of sp³-hybridized carbons (Fsp3) is 0.133. The summed E-state index contributed by atoms with van der Waals surface area (Å²) in [5, 5.41) is 5.12. The fourth-order valence-electron chi connectivity index (χ4n) is 3.50. The topological polar surface area (TPSA) is 69.2 Å². The van der Waals surface area contributed by atoms with Crippen molar-refractivity contribution in [3.63, 3.8) is 0 Å². The second-order valence-corrected chi connectivity index (χ2v) is 9.04. The highest BCUT2D eigenvalue weighted by Gasteiger charge is 2.10. The van der Waals surface area contributed by atoms with Crippen LogP contribution in [0.3, 0.4) is 0 Å². The molecule has 0 spiro atoms. The van der Waals surface area contributed by atoms with Gasteiger partial charge in [0.15, 0.2) is 11.5 Å². The van der Waals surface area contributed by atoms with Gasteiger partial charge in [-0.15, -0.1) is 0 Å².